The third kappa shape index (κ3) is 2.16. The van der Waals surface area contributed by atoms with Crippen LogP contribution >= 0.6 is 0 Å². The van der Waals surface area contributed by atoms with Crippen LogP contribution in [0, 0.1) is 5.82 Å². The number of carbonyl (C=O) groups excluding carboxylic acids is 1. The second-order valence-electron chi connectivity index (χ2n) is 2.68. The maximum atomic E-state index is 12.4. The predicted molar refractivity (Wildman–Crippen MR) is 45.6 cm³/mol. The Hall–Kier alpha value is -1.18. The van der Waals surface area contributed by atoms with Crippen LogP contribution in [0.1, 0.15) is 30.1 Å². The van der Waals surface area contributed by atoms with E-state index in [1.807, 2.05) is 6.92 Å². The molecule has 1 rings (SSSR count). The van der Waals surface area contributed by atoms with E-state index in [1.54, 1.807) is 0 Å². The summed E-state index contributed by atoms with van der Waals surface area (Å²) in [4.78, 5) is 11.2. The normalized spacial score (nSPS) is 9.83. The fourth-order valence-corrected chi connectivity index (χ4v) is 1.01. The average Bonchev–Trinajstić information content (AvgIpc) is 2.06. The third-order valence-electron chi connectivity index (χ3n) is 1.64. The van der Waals surface area contributed by atoms with Crippen LogP contribution in [0.4, 0.5) is 4.39 Å². The number of hydrogen-bond acceptors (Lipinski definition) is 1. The lowest BCUT2D eigenvalue weighted by Gasteiger charge is -1.97. The average molecular weight is 166 g/mol. The number of rotatable bonds is 3. The van der Waals surface area contributed by atoms with Crippen LogP contribution < -0.4 is 0 Å². The smallest absolute Gasteiger partial charge is 0.162 e. The van der Waals surface area contributed by atoms with Crippen molar-refractivity contribution in [3.63, 3.8) is 0 Å². The molecule has 0 spiro atoms. The van der Waals surface area contributed by atoms with Crippen LogP contribution in [0.3, 0.4) is 0 Å². The molecule has 64 valence electrons. The van der Waals surface area contributed by atoms with Crippen molar-refractivity contribution in [3.8, 4) is 0 Å². The number of carbonyl (C=O) groups is 1. The van der Waals surface area contributed by atoms with E-state index in [9.17, 15) is 9.18 Å². The van der Waals surface area contributed by atoms with Crippen molar-refractivity contribution in [2.75, 3.05) is 0 Å². The molecule has 0 aliphatic heterocycles. The third-order valence-corrected chi connectivity index (χ3v) is 1.64. The highest BCUT2D eigenvalue weighted by Crippen LogP contribution is 2.06. The molecule has 0 atom stereocenters. The lowest BCUT2D eigenvalue weighted by molar-refractivity contribution is 0.0981. The Bertz CT molecular complexity index is 264. The summed E-state index contributed by atoms with van der Waals surface area (Å²) in [5.74, 6) is -0.222. The first-order valence-electron chi connectivity index (χ1n) is 4.03. The van der Waals surface area contributed by atoms with Gasteiger partial charge in [0, 0.05) is 12.0 Å². The first kappa shape index (κ1) is 8.91. The Balaban J connectivity index is 2.75. The molecular weight excluding hydrogens is 155 g/mol. The van der Waals surface area contributed by atoms with Crippen molar-refractivity contribution in [3.05, 3.63) is 35.6 Å². The van der Waals surface area contributed by atoms with Crippen molar-refractivity contribution in [1.82, 2.24) is 0 Å². The molecule has 2 heteroatoms. The highest BCUT2D eigenvalue weighted by Gasteiger charge is 2.02. The molecule has 12 heavy (non-hydrogen) atoms. The van der Waals surface area contributed by atoms with E-state index in [2.05, 4.69) is 0 Å². The molecule has 0 saturated heterocycles. The van der Waals surface area contributed by atoms with Gasteiger partial charge in [-0.25, -0.2) is 4.39 Å². The van der Waals surface area contributed by atoms with E-state index in [4.69, 9.17) is 0 Å². The highest BCUT2D eigenvalue weighted by atomic mass is 19.1. The van der Waals surface area contributed by atoms with Crippen molar-refractivity contribution in [2.24, 2.45) is 0 Å². The van der Waals surface area contributed by atoms with E-state index >= 15 is 0 Å². The van der Waals surface area contributed by atoms with Gasteiger partial charge in [0.25, 0.3) is 0 Å². The van der Waals surface area contributed by atoms with E-state index in [1.165, 1.54) is 24.3 Å². The van der Waals surface area contributed by atoms with Crippen LogP contribution in [0.2, 0.25) is 0 Å². The topological polar surface area (TPSA) is 17.1 Å². The van der Waals surface area contributed by atoms with Crippen molar-refractivity contribution in [1.29, 1.82) is 0 Å². The van der Waals surface area contributed by atoms with E-state index < -0.39 is 0 Å². The van der Waals surface area contributed by atoms with E-state index in [-0.39, 0.29) is 11.6 Å². The molecule has 0 saturated carbocycles. The van der Waals surface area contributed by atoms with Crippen LogP contribution in [0.25, 0.3) is 0 Å². The zero-order valence-electron chi connectivity index (χ0n) is 7.01. The van der Waals surface area contributed by atoms with Gasteiger partial charge in [0.05, 0.1) is 0 Å². The Morgan fingerprint density at radius 3 is 2.42 bits per heavy atom. The Morgan fingerprint density at radius 2 is 1.92 bits per heavy atom. The monoisotopic (exact) mass is 166 g/mol. The minimum absolute atomic E-state index is 0.0810. The summed E-state index contributed by atoms with van der Waals surface area (Å²) in [6, 6.07) is 5.66. The first-order valence-corrected chi connectivity index (χ1v) is 4.03. The van der Waals surface area contributed by atoms with Crippen LogP contribution in [-0.4, -0.2) is 5.78 Å². The number of ketones is 1. The number of hydrogen-bond donors (Lipinski definition) is 0. The minimum atomic E-state index is -0.303. The van der Waals surface area contributed by atoms with Crippen molar-refractivity contribution < 1.29 is 9.18 Å². The summed E-state index contributed by atoms with van der Waals surface area (Å²) in [6.45, 7) is 1.95. The maximum absolute atomic E-state index is 12.4. The number of halogens is 1. The van der Waals surface area contributed by atoms with Gasteiger partial charge in [0.1, 0.15) is 5.82 Å². The quantitative estimate of drug-likeness (QED) is 0.631. The molecule has 1 nitrogen and oxygen atoms in total. The van der Waals surface area contributed by atoms with Gasteiger partial charge >= 0.3 is 0 Å². The van der Waals surface area contributed by atoms with Gasteiger partial charge < -0.3 is 0 Å². The summed E-state index contributed by atoms with van der Waals surface area (Å²) < 4.78 is 12.4. The molecular formula is C10H11FO. The molecule has 0 radical (unpaired) electrons. The van der Waals surface area contributed by atoms with Crippen LogP contribution in [0.5, 0.6) is 0 Å². The van der Waals surface area contributed by atoms with Gasteiger partial charge in [0.2, 0.25) is 0 Å². The maximum Gasteiger partial charge on any atom is 0.162 e. The predicted octanol–water partition coefficient (Wildman–Crippen LogP) is 2.81. The summed E-state index contributed by atoms with van der Waals surface area (Å²) in [7, 11) is 0. The van der Waals surface area contributed by atoms with Gasteiger partial charge in [0.15, 0.2) is 5.78 Å². The molecule has 0 aliphatic rings. The molecule has 0 aliphatic carbocycles. The van der Waals surface area contributed by atoms with E-state index in [0.29, 0.717) is 12.0 Å². The summed E-state index contributed by atoms with van der Waals surface area (Å²) >= 11 is 0. The standard InChI is InChI=1S/C10H11FO/c1-2-3-10(12)8-4-6-9(11)7-5-8/h4-7H,2-3H2,1H3. The number of Topliss-reactive ketones (excluding diaryl/α,β-unsaturated/α-hetero) is 1. The van der Waals surface area contributed by atoms with Gasteiger partial charge in [-0.2, -0.15) is 0 Å². The van der Waals surface area contributed by atoms with Gasteiger partial charge in [-0.15, -0.1) is 0 Å². The van der Waals surface area contributed by atoms with Crippen LogP contribution in [-0.2, 0) is 0 Å². The fourth-order valence-electron chi connectivity index (χ4n) is 1.01. The first-order chi connectivity index (χ1) is 5.74. The summed E-state index contributed by atoms with van der Waals surface area (Å²) in [6.07, 6.45) is 1.36. The lowest BCUT2D eigenvalue weighted by atomic mass is 10.1. The molecule has 0 fully saturated rings. The summed E-state index contributed by atoms with van der Waals surface area (Å²) in [5.41, 5.74) is 0.596. The fraction of sp³-hybridized carbons (Fsp3) is 0.300. The molecule has 0 bridgehead atoms. The highest BCUT2D eigenvalue weighted by molar-refractivity contribution is 5.95. The second-order valence-corrected chi connectivity index (χ2v) is 2.68. The molecule has 0 unspecified atom stereocenters. The molecule has 1 aromatic rings. The zero-order chi connectivity index (χ0) is 8.97. The largest absolute Gasteiger partial charge is 0.294 e. The van der Waals surface area contributed by atoms with Gasteiger partial charge in [-0.1, -0.05) is 6.92 Å². The molecule has 0 heterocycles. The second kappa shape index (κ2) is 4.00. The SMILES string of the molecule is CCCC(=O)c1ccc(F)cc1. The molecule has 0 amide bonds. The lowest BCUT2D eigenvalue weighted by Crippen LogP contribution is -1.97. The van der Waals surface area contributed by atoms with Gasteiger partial charge in [-0.05, 0) is 30.7 Å². The minimum Gasteiger partial charge on any atom is -0.294 e. The Labute approximate surface area is 71.2 Å². The zero-order valence-corrected chi connectivity index (χ0v) is 7.01. The van der Waals surface area contributed by atoms with Crippen LogP contribution in [0.15, 0.2) is 24.3 Å². The number of benzene rings is 1. The molecule has 1 aromatic carbocycles. The Morgan fingerprint density at radius 1 is 1.33 bits per heavy atom. The van der Waals surface area contributed by atoms with E-state index in [0.717, 1.165) is 6.42 Å². The van der Waals surface area contributed by atoms with Crippen molar-refractivity contribution >= 4 is 5.78 Å². The van der Waals surface area contributed by atoms with Gasteiger partial charge in [-0.3, -0.25) is 4.79 Å². The summed E-state index contributed by atoms with van der Waals surface area (Å²) in [5, 5.41) is 0. The molecule has 0 aromatic heterocycles. The van der Waals surface area contributed by atoms with Crippen molar-refractivity contribution in [2.45, 2.75) is 19.8 Å². The Kier molecular flexibility index (Phi) is 2.97. The molecule has 0 N–H and O–H groups in total.